The van der Waals surface area contributed by atoms with Crippen LogP contribution in [0.2, 0.25) is 0 Å². The number of hydrogen-bond donors (Lipinski definition) is 0. The largest absolute Gasteiger partial charge is 0.481 e. The number of carbonyl (C=O) groups is 1. The first kappa shape index (κ1) is 18.3. The number of methoxy groups -OCH3 is 2. The van der Waals surface area contributed by atoms with Crippen molar-refractivity contribution in [3.8, 4) is 11.8 Å². The summed E-state index contributed by atoms with van der Waals surface area (Å²) in [6.07, 6.45) is 1.78. The fourth-order valence-electron chi connectivity index (χ4n) is 2.89. The molecule has 2 heterocycles. The highest BCUT2D eigenvalue weighted by Crippen LogP contribution is 2.26. The van der Waals surface area contributed by atoms with Gasteiger partial charge in [0.15, 0.2) is 0 Å². The molecule has 7 heteroatoms. The molecule has 0 saturated carbocycles. The van der Waals surface area contributed by atoms with Gasteiger partial charge in [-0.1, -0.05) is 20.8 Å². The van der Waals surface area contributed by atoms with Gasteiger partial charge in [0.1, 0.15) is 0 Å². The molecule has 1 saturated heterocycles. The summed E-state index contributed by atoms with van der Waals surface area (Å²) in [6.45, 7) is 7.46. The van der Waals surface area contributed by atoms with Gasteiger partial charge in [0, 0.05) is 31.6 Å². The molecule has 0 radical (unpaired) electrons. The number of piperidine rings is 1. The van der Waals surface area contributed by atoms with Crippen molar-refractivity contribution in [3.63, 3.8) is 0 Å². The molecule has 134 valence electrons. The van der Waals surface area contributed by atoms with Crippen molar-refractivity contribution >= 4 is 11.9 Å². The quantitative estimate of drug-likeness (QED) is 0.837. The van der Waals surface area contributed by atoms with Gasteiger partial charge >= 0.3 is 0 Å². The Balaban J connectivity index is 2.04. The fourth-order valence-corrected chi connectivity index (χ4v) is 2.89. The van der Waals surface area contributed by atoms with E-state index in [0.29, 0.717) is 17.7 Å². The van der Waals surface area contributed by atoms with Crippen LogP contribution in [0.5, 0.6) is 11.8 Å². The molecule has 1 aromatic heterocycles. The van der Waals surface area contributed by atoms with E-state index in [0.717, 1.165) is 25.9 Å². The molecular weight excluding hydrogens is 308 g/mol. The molecule has 1 fully saturated rings. The van der Waals surface area contributed by atoms with Crippen molar-refractivity contribution in [1.82, 2.24) is 14.9 Å². The Hall–Kier alpha value is -2.05. The molecule has 24 heavy (non-hydrogen) atoms. The molecule has 2 rings (SSSR count). The molecule has 1 aliphatic rings. The summed E-state index contributed by atoms with van der Waals surface area (Å²) in [5, 5.41) is 0. The van der Waals surface area contributed by atoms with Crippen molar-refractivity contribution < 1.29 is 14.3 Å². The summed E-state index contributed by atoms with van der Waals surface area (Å²) in [5.74, 6) is 1.76. The number of hydrogen-bond acceptors (Lipinski definition) is 6. The van der Waals surface area contributed by atoms with Gasteiger partial charge in [-0.2, -0.15) is 9.97 Å². The van der Waals surface area contributed by atoms with Gasteiger partial charge in [-0.15, -0.1) is 0 Å². The number of rotatable bonds is 4. The lowest BCUT2D eigenvalue weighted by molar-refractivity contribution is -0.140. The molecular formula is C17H28N4O3. The zero-order chi connectivity index (χ0) is 17.9. The highest BCUT2D eigenvalue weighted by Gasteiger charge is 2.32. The van der Waals surface area contributed by atoms with Crippen molar-refractivity contribution in [1.29, 1.82) is 0 Å². The van der Waals surface area contributed by atoms with Crippen LogP contribution in [0.25, 0.3) is 0 Å². The SMILES string of the molecule is COc1cc(OC)nc(N2CCC(N(C)C(=O)C(C)(C)C)CC2)n1. The van der Waals surface area contributed by atoms with Crippen molar-refractivity contribution in [2.75, 3.05) is 39.3 Å². The summed E-state index contributed by atoms with van der Waals surface area (Å²) in [6, 6.07) is 1.91. The highest BCUT2D eigenvalue weighted by atomic mass is 16.5. The number of anilines is 1. The van der Waals surface area contributed by atoms with Crippen molar-refractivity contribution in [3.05, 3.63) is 6.07 Å². The molecule has 0 aromatic carbocycles. The Morgan fingerprint density at radius 3 is 2.08 bits per heavy atom. The van der Waals surface area contributed by atoms with Crippen LogP contribution in [0.1, 0.15) is 33.6 Å². The second-order valence-corrected chi connectivity index (χ2v) is 7.14. The molecule has 0 bridgehead atoms. The second kappa shape index (κ2) is 7.23. The Morgan fingerprint density at radius 1 is 1.17 bits per heavy atom. The first-order valence-electron chi connectivity index (χ1n) is 8.25. The minimum Gasteiger partial charge on any atom is -0.481 e. The predicted molar refractivity (Wildman–Crippen MR) is 92.6 cm³/mol. The monoisotopic (exact) mass is 336 g/mol. The number of aromatic nitrogens is 2. The first-order chi connectivity index (χ1) is 11.3. The Bertz CT molecular complexity index is 555. The van der Waals surface area contributed by atoms with E-state index in [9.17, 15) is 4.79 Å². The minimum atomic E-state index is -0.352. The highest BCUT2D eigenvalue weighted by molar-refractivity contribution is 5.81. The molecule has 0 N–H and O–H groups in total. The van der Waals surface area contributed by atoms with Crippen LogP contribution >= 0.6 is 0 Å². The van der Waals surface area contributed by atoms with Gasteiger partial charge < -0.3 is 19.3 Å². The third kappa shape index (κ3) is 4.07. The smallest absolute Gasteiger partial charge is 0.231 e. The summed E-state index contributed by atoms with van der Waals surface area (Å²) >= 11 is 0. The molecule has 1 amide bonds. The van der Waals surface area contributed by atoms with Gasteiger partial charge in [0.2, 0.25) is 23.6 Å². The maximum atomic E-state index is 12.4. The third-order valence-electron chi connectivity index (χ3n) is 4.34. The zero-order valence-corrected chi connectivity index (χ0v) is 15.5. The number of nitrogens with zero attached hydrogens (tertiary/aromatic N) is 4. The average molecular weight is 336 g/mol. The van der Waals surface area contributed by atoms with Gasteiger partial charge in [0.25, 0.3) is 0 Å². The lowest BCUT2D eigenvalue weighted by Crippen LogP contribution is -2.49. The average Bonchev–Trinajstić information content (AvgIpc) is 2.59. The number of ether oxygens (including phenoxy) is 2. The van der Waals surface area contributed by atoms with Crippen LogP contribution in [0.3, 0.4) is 0 Å². The second-order valence-electron chi connectivity index (χ2n) is 7.14. The third-order valence-corrected chi connectivity index (χ3v) is 4.34. The predicted octanol–water partition coefficient (Wildman–Crippen LogP) is 1.97. The summed E-state index contributed by atoms with van der Waals surface area (Å²) in [5.41, 5.74) is -0.352. The van der Waals surface area contributed by atoms with Gasteiger partial charge in [-0.25, -0.2) is 0 Å². The van der Waals surface area contributed by atoms with Gasteiger partial charge in [0.05, 0.1) is 20.3 Å². The van der Waals surface area contributed by atoms with E-state index in [1.54, 1.807) is 20.3 Å². The topological polar surface area (TPSA) is 67.8 Å². The zero-order valence-electron chi connectivity index (χ0n) is 15.5. The van der Waals surface area contributed by atoms with Crippen molar-refractivity contribution in [2.24, 2.45) is 5.41 Å². The van der Waals surface area contributed by atoms with Crippen LogP contribution < -0.4 is 14.4 Å². The molecule has 0 unspecified atom stereocenters. The Morgan fingerprint density at radius 2 is 1.67 bits per heavy atom. The van der Waals surface area contributed by atoms with Crippen LogP contribution in [-0.2, 0) is 4.79 Å². The van der Waals surface area contributed by atoms with Crippen LogP contribution in [0, 0.1) is 5.41 Å². The Labute approximate surface area is 144 Å². The molecule has 0 spiro atoms. The molecule has 1 aromatic rings. The molecule has 1 aliphatic heterocycles. The van der Waals surface area contributed by atoms with Crippen molar-refractivity contribution in [2.45, 2.75) is 39.7 Å². The van der Waals surface area contributed by atoms with E-state index in [1.165, 1.54) is 0 Å². The fraction of sp³-hybridized carbons (Fsp3) is 0.706. The molecule has 7 nitrogen and oxygen atoms in total. The van der Waals surface area contributed by atoms with E-state index in [4.69, 9.17) is 9.47 Å². The lowest BCUT2D eigenvalue weighted by Gasteiger charge is -2.39. The maximum Gasteiger partial charge on any atom is 0.231 e. The summed E-state index contributed by atoms with van der Waals surface area (Å²) in [4.78, 5) is 25.2. The van der Waals surface area contributed by atoms with E-state index >= 15 is 0 Å². The van der Waals surface area contributed by atoms with Gasteiger partial charge in [-0.3, -0.25) is 4.79 Å². The van der Waals surface area contributed by atoms with Crippen LogP contribution in [-0.4, -0.2) is 61.2 Å². The first-order valence-corrected chi connectivity index (χ1v) is 8.25. The number of amides is 1. The van der Waals surface area contributed by atoms with E-state index < -0.39 is 0 Å². The molecule has 0 aliphatic carbocycles. The van der Waals surface area contributed by atoms with E-state index in [2.05, 4.69) is 14.9 Å². The molecule has 0 atom stereocenters. The normalized spacial score (nSPS) is 16.0. The summed E-state index contributed by atoms with van der Waals surface area (Å²) in [7, 11) is 5.05. The van der Waals surface area contributed by atoms with E-state index in [-0.39, 0.29) is 17.4 Å². The maximum absolute atomic E-state index is 12.4. The van der Waals surface area contributed by atoms with E-state index in [1.807, 2.05) is 32.7 Å². The lowest BCUT2D eigenvalue weighted by atomic mass is 9.93. The summed E-state index contributed by atoms with van der Waals surface area (Å²) < 4.78 is 10.4. The standard InChI is InChI=1S/C17H28N4O3/c1-17(2,3)15(22)20(4)12-7-9-21(10-8-12)16-18-13(23-5)11-14(19-16)24-6/h11-12H,7-10H2,1-6H3. The minimum absolute atomic E-state index is 0.181. The van der Waals surface area contributed by atoms with Crippen LogP contribution in [0.4, 0.5) is 5.95 Å². The van der Waals surface area contributed by atoms with Gasteiger partial charge in [-0.05, 0) is 12.8 Å². The Kier molecular flexibility index (Phi) is 5.51. The van der Waals surface area contributed by atoms with Crippen LogP contribution in [0.15, 0.2) is 6.07 Å². The number of carbonyl (C=O) groups excluding carboxylic acids is 1.